The molecule has 0 radical (unpaired) electrons. The smallest absolute Gasteiger partial charge is 0.186 e. The number of nitrogens with zero attached hydrogens (tertiary/aromatic N) is 2. The van der Waals surface area contributed by atoms with Gasteiger partial charge in [-0.2, -0.15) is 0 Å². The number of aryl methyl sites for hydroxylation is 2. The Balaban J connectivity index is 2.08. The number of hydrogen-bond donors (Lipinski definition) is 0. The van der Waals surface area contributed by atoms with Crippen molar-refractivity contribution in [2.45, 2.75) is 19.3 Å². The van der Waals surface area contributed by atoms with Crippen LogP contribution in [0, 0.1) is 0 Å². The van der Waals surface area contributed by atoms with Crippen LogP contribution < -0.4 is 4.90 Å². The quantitative estimate of drug-likeness (QED) is 0.805. The van der Waals surface area contributed by atoms with Crippen molar-refractivity contribution < 1.29 is 4.79 Å². The number of carbonyl (C=O) groups is 1. The topological polar surface area (TPSA) is 33.2 Å². The fourth-order valence-electron chi connectivity index (χ4n) is 2.52. The van der Waals surface area contributed by atoms with Gasteiger partial charge in [0.1, 0.15) is 0 Å². The third-order valence-corrected chi connectivity index (χ3v) is 4.65. The molecule has 0 aliphatic heterocycles. The molecule has 1 aromatic carbocycles. The average molecular weight is 272 g/mol. The zero-order chi connectivity index (χ0) is 13.4. The van der Waals surface area contributed by atoms with Gasteiger partial charge in [0.2, 0.25) is 0 Å². The summed E-state index contributed by atoms with van der Waals surface area (Å²) in [5.41, 5.74) is 4.73. The van der Waals surface area contributed by atoms with Crippen molar-refractivity contribution in [3.05, 3.63) is 34.2 Å². The summed E-state index contributed by atoms with van der Waals surface area (Å²) >= 11 is 1.44. The van der Waals surface area contributed by atoms with E-state index in [1.54, 1.807) is 0 Å². The molecule has 1 aliphatic rings. The van der Waals surface area contributed by atoms with Gasteiger partial charge in [0.05, 0.1) is 10.6 Å². The van der Waals surface area contributed by atoms with Crippen LogP contribution in [0.5, 0.6) is 0 Å². The number of aldehydes is 1. The van der Waals surface area contributed by atoms with Crippen molar-refractivity contribution >= 4 is 22.8 Å². The standard InChI is InChI=1S/C15H16N2OS/c1-17(2)15-16-14(13(9-18)19-15)12-7-6-10-4-3-5-11(10)8-12/h6-9H,3-5H2,1-2H3. The van der Waals surface area contributed by atoms with Crippen LogP contribution in [-0.2, 0) is 12.8 Å². The second kappa shape index (κ2) is 4.78. The minimum atomic E-state index is 0.710. The number of anilines is 1. The second-order valence-corrected chi connectivity index (χ2v) is 6.07. The number of aromatic nitrogens is 1. The lowest BCUT2D eigenvalue weighted by molar-refractivity contribution is 0.112. The Bertz CT molecular complexity index is 631. The van der Waals surface area contributed by atoms with Gasteiger partial charge in [-0.1, -0.05) is 23.5 Å². The third kappa shape index (κ3) is 2.16. The summed E-state index contributed by atoms with van der Waals surface area (Å²) in [6, 6.07) is 6.47. The van der Waals surface area contributed by atoms with Crippen molar-refractivity contribution in [3.63, 3.8) is 0 Å². The SMILES string of the molecule is CN(C)c1nc(-c2ccc3c(c2)CCC3)c(C=O)s1. The molecule has 4 heteroatoms. The number of carbonyl (C=O) groups excluding carboxylic acids is 1. The maximum atomic E-state index is 11.2. The van der Waals surface area contributed by atoms with Gasteiger partial charge in [-0.05, 0) is 36.5 Å². The van der Waals surface area contributed by atoms with Crippen molar-refractivity contribution in [2.24, 2.45) is 0 Å². The van der Waals surface area contributed by atoms with E-state index >= 15 is 0 Å². The van der Waals surface area contributed by atoms with E-state index in [9.17, 15) is 4.79 Å². The predicted octanol–water partition coefficient (Wildman–Crippen LogP) is 3.18. The maximum Gasteiger partial charge on any atom is 0.186 e. The van der Waals surface area contributed by atoms with Crippen LogP contribution in [0.25, 0.3) is 11.3 Å². The Hall–Kier alpha value is -1.68. The lowest BCUT2D eigenvalue weighted by Gasteiger charge is -2.06. The average Bonchev–Trinajstić information content (AvgIpc) is 3.04. The third-order valence-electron chi connectivity index (χ3n) is 3.50. The Labute approximate surface area is 116 Å². The maximum absolute atomic E-state index is 11.2. The zero-order valence-corrected chi connectivity index (χ0v) is 12.0. The molecule has 19 heavy (non-hydrogen) atoms. The number of benzene rings is 1. The van der Waals surface area contributed by atoms with Crippen LogP contribution in [0.2, 0.25) is 0 Å². The summed E-state index contributed by atoms with van der Waals surface area (Å²) in [5, 5.41) is 0.873. The molecule has 0 saturated heterocycles. The molecule has 3 nitrogen and oxygen atoms in total. The summed E-state index contributed by atoms with van der Waals surface area (Å²) in [6.45, 7) is 0. The highest BCUT2D eigenvalue weighted by molar-refractivity contribution is 7.17. The van der Waals surface area contributed by atoms with E-state index in [1.807, 2.05) is 19.0 Å². The highest BCUT2D eigenvalue weighted by Gasteiger charge is 2.17. The molecule has 1 aliphatic carbocycles. The number of thiazole rings is 1. The van der Waals surface area contributed by atoms with Crippen LogP contribution in [0.3, 0.4) is 0 Å². The van der Waals surface area contributed by atoms with Crippen LogP contribution in [0.4, 0.5) is 5.13 Å². The lowest BCUT2D eigenvalue weighted by atomic mass is 10.0. The Morgan fingerprint density at radius 2 is 2.05 bits per heavy atom. The van der Waals surface area contributed by atoms with E-state index in [4.69, 9.17) is 0 Å². The van der Waals surface area contributed by atoms with E-state index in [-0.39, 0.29) is 0 Å². The summed E-state index contributed by atoms with van der Waals surface area (Å²) in [6.07, 6.45) is 4.47. The Morgan fingerprint density at radius 3 is 2.79 bits per heavy atom. The van der Waals surface area contributed by atoms with Crippen LogP contribution in [0.1, 0.15) is 27.2 Å². The minimum absolute atomic E-state index is 0.710. The van der Waals surface area contributed by atoms with Crippen molar-refractivity contribution in [1.82, 2.24) is 4.98 Å². The van der Waals surface area contributed by atoms with Crippen molar-refractivity contribution in [2.75, 3.05) is 19.0 Å². The number of fused-ring (bicyclic) bond motifs is 1. The number of rotatable bonds is 3. The largest absolute Gasteiger partial charge is 0.354 e. The summed E-state index contributed by atoms with van der Waals surface area (Å²) < 4.78 is 0. The Morgan fingerprint density at radius 1 is 1.26 bits per heavy atom. The predicted molar refractivity (Wildman–Crippen MR) is 79.3 cm³/mol. The molecule has 0 bridgehead atoms. The molecule has 3 rings (SSSR count). The fraction of sp³-hybridized carbons (Fsp3) is 0.333. The molecule has 0 N–H and O–H groups in total. The normalized spacial score (nSPS) is 13.4. The monoisotopic (exact) mass is 272 g/mol. The fourth-order valence-corrected chi connectivity index (χ4v) is 3.34. The van der Waals surface area contributed by atoms with Gasteiger partial charge >= 0.3 is 0 Å². The summed E-state index contributed by atoms with van der Waals surface area (Å²) in [4.78, 5) is 18.5. The van der Waals surface area contributed by atoms with Gasteiger partial charge in [-0.25, -0.2) is 4.98 Å². The summed E-state index contributed by atoms with van der Waals surface area (Å²) in [7, 11) is 3.89. The molecule has 0 spiro atoms. The molecule has 1 heterocycles. The van der Waals surface area contributed by atoms with Crippen LogP contribution in [0.15, 0.2) is 18.2 Å². The molecule has 0 fully saturated rings. The van der Waals surface area contributed by atoms with Crippen LogP contribution in [-0.4, -0.2) is 25.4 Å². The van der Waals surface area contributed by atoms with Gasteiger partial charge < -0.3 is 4.90 Å². The van der Waals surface area contributed by atoms with E-state index in [0.29, 0.717) is 4.88 Å². The molecule has 98 valence electrons. The van der Waals surface area contributed by atoms with Crippen molar-refractivity contribution in [1.29, 1.82) is 0 Å². The zero-order valence-electron chi connectivity index (χ0n) is 11.1. The van der Waals surface area contributed by atoms with E-state index in [1.165, 1.54) is 35.3 Å². The molecule has 0 amide bonds. The minimum Gasteiger partial charge on any atom is -0.354 e. The molecule has 0 atom stereocenters. The molecular weight excluding hydrogens is 256 g/mol. The molecule has 0 unspecified atom stereocenters. The second-order valence-electron chi connectivity index (χ2n) is 5.06. The van der Waals surface area contributed by atoms with Gasteiger partial charge in [0.15, 0.2) is 11.4 Å². The molecular formula is C15H16N2OS. The lowest BCUT2D eigenvalue weighted by Crippen LogP contribution is -2.07. The van der Waals surface area contributed by atoms with Gasteiger partial charge in [-0.15, -0.1) is 0 Å². The highest BCUT2D eigenvalue weighted by Crippen LogP contribution is 2.33. The molecule has 1 aromatic heterocycles. The molecule has 2 aromatic rings. The first-order valence-corrected chi connectivity index (χ1v) is 7.26. The first-order valence-electron chi connectivity index (χ1n) is 6.44. The Kier molecular flexibility index (Phi) is 3.11. The highest BCUT2D eigenvalue weighted by atomic mass is 32.1. The van der Waals surface area contributed by atoms with E-state index in [2.05, 4.69) is 23.2 Å². The van der Waals surface area contributed by atoms with Crippen molar-refractivity contribution in [3.8, 4) is 11.3 Å². The van der Waals surface area contributed by atoms with Gasteiger partial charge in [-0.3, -0.25) is 4.79 Å². The van der Waals surface area contributed by atoms with E-state index < -0.39 is 0 Å². The van der Waals surface area contributed by atoms with E-state index in [0.717, 1.165) is 29.1 Å². The first-order chi connectivity index (χ1) is 9.19. The first kappa shape index (κ1) is 12.4. The number of hydrogen-bond acceptors (Lipinski definition) is 4. The van der Waals surface area contributed by atoms with Gasteiger partial charge in [0.25, 0.3) is 0 Å². The van der Waals surface area contributed by atoms with Crippen LogP contribution >= 0.6 is 11.3 Å². The molecule has 0 saturated carbocycles. The van der Waals surface area contributed by atoms with Gasteiger partial charge in [0, 0.05) is 19.7 Å². The summed E-state index contributed by atoms with van der Waals surface area (Å²) in [5.74, 6) is 0.